The zero-order chi connectivity index (χ0) is 25.9. The molecule has 0 spiro atoms. The van der Waals surface area contributed by atoms with Gasteiger partial charge in [0.2, 0.25) is 0 Å². The van der Waals surface area contributed by atoms with Crippen molar-refractivity contribution in [3.05, 3.63) is 95.6 Å². The lowest BCUT2D eigenvalue weighted by atomic mass is 9.89. The van der Waals surface area contributed by atoms with Crippen molar-refractivity contribution < 1.29 is 9.47 Å². The SMILES string of the molecule is CC(c1cc[nH]n1)N(C(C)c1cc[nH]n1)[C@H]1CC[C@H](Oc2ccc3c(c2)CCC(c2ccccc2)O3)CC1. The number of benzene rings is 2. The van der Waals surface area contributed by atoms with Crippen LogP contribution in [0.1, 0.15) is 86.7 Å². The second kappa shape index (κ2) is 11.0. The normalized spacial score (nSPS) is 22.9. The fourth-order valence-corrected chi connectivity index (χ4v) is 6.28. The Labute approximate surface area is 224 Å². The summed E-state index contributed by atoms with van der Waals surface area (Å²) in [4.78, 5) is 2.59. The van der Waals surface area contributed by atoms with E-state index in [0.29, 0.717) is 6.04 Å². The molecular weight excluding hydrogens is 474 g/mol. The summed E-state index contributed by atoms with van der Waals surface area (Å²) in [5, 5.41) is 14.9. The van der Waals surface area contributed by atoms with E-state index in [9.17, 15) is 0 Å². The van der Waals surface area contributed by atoms with Crippen LogP contribution in [0.5, 0.6) is 11.5 Å². The highest BCUT2D eigenvalue weighted by Gasteiger charge is 2.35. The Morgan fingerprint density at radius 2 is 1.53 bits per heavy atom. The Morgan fingerprint density at radius 3 is 2.16 bits per heavy atom. The summed E-state index contributed by atoms with van der Waals surface area (Å²) in [5.74, 6) is 1.94. The molecule has 0 bridgehead atoms. The molecule has 3 heterocycles. The number of rotatable bonds is 8. The number of hydrogen-bond acceptors (Lipinski definition) is 5. The minimum Gasteiger partial charge on any atom is -0.490 e. The third-order valence-corrected chi connectivity index (χ3v) is 8.31. The van der Waals surface area contributed by atoms with Gasteiger partial charge in [0, 0.05) is 18.4 Å². The number of aromatic amines is 2. The molecule has 1 saturated carbocycles. The predicted molar refractivity (Wildman–Crippen MR) is 147 cm³/mol. The van der Waals surface area contributed by atoms with Gasteiger partial charge in [0.15, 0.2) is 0 Å². The molecular formula is C31H37N5O2. The first-order chi connectivity index (χ1) is 18.7. The number of aromatic nitrogens is 4. The van der Waals surface area contributed by atoms with E-state index >= 15 is 0 Å². The predicted octanol–water partition coefficient (Wildman–Crippen LogP) is 6.71. The van der Waals surface area contributed by atoms with Gasteiger partial charge in [-0.1, -0.05) is 30.3 Å². The molecule has 4 aromatic rings. The number of hydrogen-bond donors (Lipinski definition) is 2. The molecule has 2 aromatic carbocycles. The van der Waals surface area contributed by atoms with Crippen LogP contribution in [-0.4, -0.2) is 37.4 Å². The van der Waals surface area contributed by atoms with Crippen LogP contribution in [0.25, 0.3) is 0 Å². The van der Waals surface area contributed by atoms with Crippen LogP contribution in [0.4, 0.5) is 0 Å². The number of ether oxygens (including phenoxy) is 2. The molecule has 0 saturated heterocycles. The van der Waals surface area contributed by atoms with E-state index in [1.807, 2.05) is 12.4 Å². The van der Waals surface area contributed by atoms with E-state index in [-0.39, 0.29) is 24.3 Å². The number of H-pyrrole nitrogens is 2. The molecule has 38 heavy (non-hydrogen) atoms. The highest BCUT2D eigenvalue weighted by Crippen LogP contribution is 2.39. The first-order valence-corrected chi connectivity index (χ1v) is 13.9. The van der Waals surface area contributed by atoms with Gasteiger partial charge < -0.3 is 9.47 Å². The largest absolute Gasteiger partial charge is 0.490 e. The molecule has 7 nitrogen and oxygen atoms in total. The van der Waals surface area contributed by atoms with Crippen LogP contribution in [0.2, 0.25) is 0 Å². The van der Waals surface area contributed by atoms with Crippen LogP contribution in [0.15, 0.2) is 73.1 Å². The Morgan fingerprint density at radius 1 is 0.842 bits per heavy atom. The first-order valence-electron chi connectivity index (χ1n) is 13.9. The van der Waals surface area contributed by atoms with Crippen molar-refractivity contribution in [2.45, 2.75) is 82.7 Å². The van der Waals surface area contributed by atoms with Gasteiger partial charge in [-0.15, -0.1) is 0 Å². The summed E-state index contributed by atoms with van der Waals surface area (Å²) < 4.78 is 12.9. The van der Waals surface area contributed by atoms with E-state index < -0.39 is 0 Å². The van der Waals surface area contributed by atoms with Crippen molar-refractivity contribution >= 4 is 0 Å². The van der Waals surface area contributed by atoms with Crippen LogP contribution >= 0.6 is 0 Å². The minimum atomic E-state index is 0.126. The lowest BCUT2D eigenvalue weighted by Crippen LogP contribution is -2.43. The summed E-state index contributed by atoms with van der Waals surface area (Å²) in [6.07, 6.45) is 10.4. The monoisotopic (exact) mass is 511 g/mol. The maximum atomic E-state index is 6.52. The van der Waals surface area contributed by atoms with Gasteiger partial charge >= 0.3 is 0 Å². The highest BCUT2D eigenvalue weighted by atomic mass is 16.5. The number of nitrogens with zero attached hydrogens (tertiary/aromatic N) is 3. The van der Waals surface area contributed by atoms with Gasteiger partial charge in [-0.25, -0.2) is 0 Å². The quantitative estimate of drug-likeness (QED) is 0.275. The van der Waals surface area contributed by atoms with Crippen molar-refractivity contribution in [1.82, 2.24) is 25.3 Å². The average Bonchev–Trinajstić information content (AvgIpc) is 3.70. The van der Waals surface area contributed by atoms with Gasteiger partial charge in [-0.2, -0.15) is 10.2 Å². The Hall–Kier alpha value is -3.58. The number of fused-ring (bicyclic) bond motifs is 1. The molecule has 7 heteroatoms. The van der Waals surface area contributed by atoms with E-state index in [1.165, 1.54) is 11.1 Å². The zero-order valence-electron chi connectivity index (χ0n) is 22.2. The minimum absolute atomic E-state index is 0.126. The van der Waals surface area contributed by atoms with Crippen molar-refractivity contribution in [2.24, 2.45) is 0 Å². The third-order valence-electron chi connectivity index (χ3n) is 8.31. The third kappa shape index (κ3) is 5.20. The second-order valence-corrected chi connectivity index (χ2v) is 10.7. The number of aryl methyl sites for hydroxylation is 1. The van der Waals surface area contributed by atoms with E-state index in [4.69, 9.17) is 9.47 Å². The van der Waals surface area contributed by atoms with Gasteiger partial charge in [0.1, 0.15) is 17.6 Å². The Balaban J connectivity index is 1.09. The van der Waals surface area contributed by atoms with Crippen LogP contribution in [-0.2, 0) is 6.42 Å². The fourth-order valence-electron chi connectivity index (χ4n) is 6.28. The molecule has 2 aliphatic rings. The lowest BCUT2D eigenvalue weighted by Gasteiger charge is -2.42. The van der Waals surface area contributed by atoms with Gasteiger partial charge in [0.25, 0.3) is 0 Å². The van der Waals surface area contributed by atoms with Crippen molar-refractivity contribution in [2.75, 3.05) is 0 Å². The van der Waals surface area contributed by atoms with Gasteiger partial charge in [-0.05, 0) is 93.8 Å². The molecule has 6 rings (SSSR count). The molecule has 3 atom stereocenters. The molecule has 1 aliphatic heterocycles. The van der Waals surface area contributed by atoms with Crippen LogP contribution in [0, 0.1) is 0 Å². The summed E-state index contributed by atoms with van der Waals surface area (Å²) in [7, 11) is 0. The topological polar surface area (TPSA) is 79.1 Å². The van der Waals surface area contributed by atoms with Crippen molar-refractivity contribution in [3.63, 3.8) is 0 Å². The van der Waals surface area contributed by atoms with Crippen molar-refractivity contribution in [1.29, 1.82) is 0 Å². The summed E-state index contributed by atoms with van der Waals surface area (Å²) in [5.41, 5.74) is 4.62. The Bertz CT molecular complexity index is 1240. The Kier molecular flexibility index (Phi) is 7.18. The zero-order valence-corrected chi connectivity index (χ0v) is 22.2. The molecule has 1 aliphatic carbocycles. The van der Waals surface area contributed by atoms with Gasteiger partial charge in [-0.3, -0.25) is 15.1 Å². The lowest BCUT2D eigenvalue weighted by molar-refractivity contribution is 0.0364. The maximum Gasteiger partial charge on any atom is 0.124 e. The van der Waals surface area contributed by atoms with E-state index in [1.54, 1.807) is 0 Å². The molecule has 3 unspecified atom stereocenters. The second-order valence-electron chi connectivity index (χ2n) is 10.7. The summed E-state index contributed by atoms with van der Waals surface area (Å²) >= 11 is 0. The molecule has 2 N–H and O–H groups in total. The van der Waals surface area contributed by atoms with Crippen LogP contribution < -0.4 is 9.47 Å². The highest BCUT2D eigenvalue weighted by molar-refractivity contribution is 5.42. The molecule has 0 radical (unpaired) electrons. The smallest absolute Gasteiger partial charge is 0.124 e. The standard InChI is InChI=1S/C31H37N5O2/c1-21(28-16-18-32-34-28)36(22(2)29-17-19-33-35-29)25-9-11-26(12-10-25)37-27-13-15-31-24(20-27)8-14-30(38-31)23-6-4-3-5-7-23/h3-7,13,15-22,25-26,30H,8-12,14H2,1-2H3,(H,32,34)(H,33,35)/t21?,22?,25-,26-,30?. The average molecular weight is 512 g/mol. The molecule has 198 valence electrons. The fraction of sp³-hybridized carbons (Fsp3) is 0.419. The van der Waals surface area contributed by atoms with E-state index in [2.05, 4.69) is 99.8 Å². The molecule has 1 fully saturated rings. The molecule has 0 amide bonds. The maximum absolute atomic E-state index is 6.52. The van der Waals surface area contributed by atoms with Gasteiger partial charge in [0.05, 0.1) is 29.6 Å². The summed E-state index contributed by atoms with van der Waals surface area (Å²) in [6.45, 7) is 4.50. The van der Waals surface area contributed by atoms with Crippen molar-refractivity contribution in [3.8, 4) is 11.5 Å². The van der Waals surface area contributed by atoms with E-state index in [0.717, 1.165) is 61.4 Å². The molecule has 2 aromatic heterocycles. The van der Waals surface area contributed by atoms with Crippen LogP contribution in [0.3, 0.4) is 0 Å². The number of nitrogens with one attached hydrogen (secondary N) is 2. The first kappa shape index (κ1) is 24.7. The summed E-state index contributed by atoms with van der Waals surface area (Å²) in [6, 6.07) is 21.8.